The van der Waals surface area contributed by atoms with Gasteiger partial charge in [0.1, 0.15) is 6.04 Å². The van der Waals surface area contributed by atoms with E-state index in [4.69, 9.17) is 5.73 Å². The van der Waals surface area contributed by atoms with Gasteiger partial charge in [0.05, 0.1) is 12.5 Å². The minimum atomic E-state index is -0.860. The van der Waals surface area contributed by atoms with Crippen LogP contribution in [-0.4, -0.2) is 42.3 Å². The van der Waals surface area contributed by atoms with E-state index in [0.29, 0.717) is 18.4 Å². The monoisotopic (exact) mass is 450 g/mol. The van der Waals surface area contributed by atoms with Crippen LogP contribution in [0.3, 0.4) is 0 Å². The first-order chi connectivity index (χ1) is 15.9. The maximum atomic E-state index is 12.9. The highest BCUT2D eigenvalue weighted by Crippen LogP contribution is 2.24. The number of nitrogens with two attached hydrogens (primary N) is 1. The summed E-state index contributed by atoms with van der Waals surface area (Å²) in [5.74, 6) is -2.05. The topological polar surface area (TPSA) is 130 Å². The number of hydrogen-bond acceptors (Lipinski definition) is 4. The summed E-state index contributed by atoms with van der Waals surface area (Å²) in [5.41, 5.74) is 6.78. The predicted octanol–water partition coefficient (Wildman–Crippen LogP) is 1.30. The second-order valence-electron chi connectivity index (χ2n) is 8.27. The first-order valence-corrected chi connectivity index (χ1v) is 11.2. The molecule has 2 aromatic carbocycles. The van der Waals surface area contributed by atoms with Gasteiger partial charge in [0, 0.05) is 18.0 Å². The summed E-state index contributed by atoms with van der Waals surface area (Å²) in [5, 5.41) is 8.20. The van der Waals surface area contributed by atoms with Gasteiger partial charge in [-0.25, -0.2) is 0 Å². The second-order valence-corrected chi connectivity index (χ2v) is 8.27. The zero-order valence-electron chi connectivity index (χ0n) is 18.5. The van der Waals surface area contributed by atoms with Crippen LogP contribution in [0.25, 0.3) is 0 Å². The van der Waals surface area contributed by atoms with Gasteiger partial charge in [-0.05, 0) is 30.5 Å². The van der Waals surface area contributed by atoms with E-state index in [2.05, 4.69) is 16.0 Å². The van der Waals surface area contributed by atoms with Crippen LogP contribution in [0.4, 0.5) is 0 Å². The minimum Gasteiger partial charge on any atom is -0.369 e. The van der Waals surface area contributed by atoms with Crippen molar-refractivity contribution >= 4 is 23.6 Å². The first kappa shape index (κ1) is 24.0. The predicted molar refractivity (Wildman–Crippen MR) is 124 cm³/mol. The normalized spacial score (nSPS) is 18.5. The van der Waals surface area contributed by atoms with Crippen molar-refractivity contribution in [2.24, 2.45) is 11.7 Å². The fourth-order valence-electron chi connectivity index (χ4n) is 4.08. The van der Waals surface area contributed by atoms with Gasteiger partial charge in [0.15, 0.2) is 0 Å². The summed E-state index contributed by atoms with van der Waals surface area (Å²) in [6.45, 7) is -0.257. The molecule has 0 unspecified atom stereocenters. The van der Waals surface area contributed by atoms with Gasteiger partial charge in [-0.15, -0.1) is 0 Å². The first-order valence-electron chi connectivity index (χ1n) is 11.2. The van der Waals surface area contributed by atoms with Crippen LogP contribution in [0, 0.1) is 5.92 Å². The van der Waals surface area contributed by atoms with Gasteiger partial charge in [0.25, 0.3) is 5.91 Å². The molecule has 0 heterocycles. The molecule has 0 radical (unpaired) electrons. The van der Waals surface area contributed by atoms with Crippen molar-refractivity contribution in [3.63, 3.8) is 0 Å². The summed E-state index contributed by atoms with van der Waals surface area (Å²) < 4.78 is 0. The van der Waals surface area contributed by atoms with Crippen molar-refractivity contribution in [1.29, 1.82) is 0 Å². The SMILES string of the molecule is NC(=O)[C@@H]1CCCC[C@H]1NC(=O)CNC(=O)[C@H](Cc1ccccc1)NC(=O)c1ccccc1. The van der Waals surface area contributed by atoms with Crippen LogP contribution in [0.5, 0.6) is 0 Å². The third kappa shape index (κ3) is 7.17. The average Bonchev–Trinajstić information content (AvgIpc) is 2.83. The van der Waals surface area contributed by atoms with Crippen LogP contribution in [0.2, 0.25) is 0 Å². The molecule has 1 aliphatic rings. The lowest BCUT2D eigenvalue weighted by Gasteiger charge is -2.30. The fraction of sp³-hybridized carbons (Fsp3) is 0.360. The molecule has 1 saturated carbocycles. The molecule has 4 amide bonds. The van der Waals surface area contributed by atoms with E-state index in [1.54, 1.807) is 30.3 Å². The molecule has 1 fully saturated rings. The summed E-state index contributed by atoms with van der Waals surface area (Å²) in [4.78, 5) is 49.6. The lowest BCUT2D eigenvalue weighted by Crippen LogP contribution is -2.52. The Morgan fingerprint density at radius 2 is 1.55 bits per heavy atom. The van der Waals surface area contributed by atoms with Crippen molar-refractivity contribution in [1.82, 2.24) is 16.0 Å². The van der Waals surface area contributed by atoms with Crippen LogP contribution in [-0.2, 0) is 20.8 Å². The smallest absolute Gasteiger partial charge is 0.251 e. The Morgan fingerprint density at radius 3 is 2.21 bits per heavy atom. The zero-order chi connectivity index (χ0) is 23.6. The molecular formula is C25H30N4O4. The quantitative estimate of drug-likeness (QED) is 0.459. The van der Waals surface area contributed by atoms with Crippen molar-refractivity contribution < 1.29 is 19.2 Å². The lowest BCUT2D eigenvalue weighted by molar-refractivity contribution is -0.129. The van der Waals surface area contributed by atoms with Crippen molar-refractivity contribution in [2.45, 2.75) is 44.2 Å². The molecule has 2 aromatic rings. The summed E-state index contributed by atoms with van der Waals surface area (Å²) >= 11 is 0. The molecule has 3 rings (SSSR count). The molecule has 33 heavy (non-hydrogen) atoms. The molecule has 0 aliphatic heterocycles. The van der Waals surface area contributed by atoms with Gasteiger partial charge in [-0.2, -0.15) is 0 Å². The molecule has 8 heteroatoms. The van der Waals surface area contributed by atoms with Crippen molar-refractivity contribution in [3.8, 4) is 0 Å². The zero-order valence-corrected chi connectivity index (χ0v) is 18.5. The van der Waals surface area contributed by atoms with Gasteiger partial charge < -0.3 is 21.7 Å². The third-order valence-electron chi connectivity index (χ3n) is 5.84. The number of rotatable bonds is 9. The Hall–Kier alpha value is -3.68. The van der Waals surface area contributed by atoms with E-state index in [9.17, 15) is 19.2 Å². The fourth-order valence-corrected chi connectivity index (χ4v) is 4.08. The minimum absolute atomic E-state index is 0.257. The van der Waals surface area contributed by atoms with Gasteiger partial charge in [-0.1, -0.05) is 61.4 Å². The van der Waals surface area contributed by atoms with Crippen LogP contribution < -0.4 is 21.7 Å². The standard InChI is InChI=1S/C25H30N4O4/c26-23(31)19-13-7-8-14-20(19)28-22(30)16-27-25(33)21(15-17-9-3-1-4-10-17)29-24(32)18-11-5-2-6-12-18/h1-6,9-12,19-21H,7-8,13-16H2,(H2,26,31)(H,27,33)(H,28,30)(H,29,32)/t19-,20-,21+/m1/s1. The number of carbonyl (C=O) groups excluding carboxylic acids is 4. The maximum absolute atomic E-state index is 12.9. The van der Waals surface area contributed by atoms with E-state index in [1.165, 1.54) is 0 Å². The number of amides is 4. The van der Waals surface area contributed by atoms with Gasteiger partial charge in [0.2, 0.25) is 17.7 Å². The molecule has 0 saturated heterocycles. The van der Waals surface area contributed by atoms with E-state index in [-0.39, 0.29) is 24.9 Å². The Bertz CT molecular complexity index is 965. The largest absolute Gasteiger partial charge is 0.369 e. The maximum Gasteiger partial charge on any atom is 0.251 e. The molecular weight excluding hydrogens is 420 g/mol. The Labute approximate surface area is 193 Å². The van der Waals surface area contributed by atoms with Crippen molar-refractivity contribution in [2.75, 3.05) is 6.54 Å². The second kappa shape index (κ2) is 11.8. The van der Waals surface area contributed by atoms with Crippen LogP contribution >= 0.6 is 0 Å². The molecule has 0 bridgehead atoms. The highest BCUT2D eigenvalue weighted by atomic mass is 16.2. The molecule has 0 spiro atoms. The Balaban J connectivity index is 1.61. The summed E-state index contributed by atoms with van der Waals surface area (Å²) in [7, 11) is 0. The molecule has 8 nitrogen and oxygen atoms in total. The molecule has 174 valence electrons. The number of hydrogen-bond donors (Lipinski definition) is 4. The third-order valence-corrected chi connectivity index (χ3v) is 5.84. The summed E-state index contributed by atoms with van der Waals surface area (Å²) in [6.07, 6.45) is 3.42. The Kier molecular flexibility index (Phi) is 8.57. The molecule has 5 N–H and O–H groups in total. The highest BCUT2D eigenvalue weighted by molar-refractivity contribution is 5.98. The number of nitrogens with one attached hydrogen (secondary N) is 3. The van der Waals surface area contributed by atoms with Crippen molar-refractivity contribution in [3.05, 3.63) is 71.8 Å². The van der Waals surface area contributed by atoms with Crippen LogP contribution in [0.1, 0.15) is 41.6 Å². The summed E-state index contributed by atoms with van der Waals surface area (Å²) in [6, 6.07) is 16.8. The highest BCUT2D eigenvalue weighted by Gasteiger charge is 2.30. The molecule has 0 aromatic heterocycles. The molecule has 1 aliphatic carbocycles. The van der Waals surface area contributed by atoms with Crippen LogP contribution in [0.15, 0.2) is 60.7 Å². The number of benzene rings is 2. The lowest BCUT2D eigenvalue weighted by atomic mass is 9.84. The number of carbonyl (C=O) groups is 4. The van der Waals surface area contributed by atoms with E-state index in [1.807, 2.05) is 30.3 Å². The average molecular weight is 451 g/mol. The molecule has 3 atom stereocenters. The number of primary amides is 1. The van der Waals surface area contributed by atoms with Gasteiger partial charge in [-0.3, -0.25) is 19.2 Å². The van der Waals surface area contributed by atoms with E-state index >= 15 is 0 Å². The van der Waals surface area contributed by atoms with Gasteiger partial charge >= 0.3 is 0 Å². The Morgan fingerprint density at radius 1 is 0.909 bits per heavy atom. The van der Waals surface area contributed by atoms with E-state index in [0.717, 1.165) is 18.4 Å². The van der Waals surface area contributed by atoms with E-state index < -0.39 is 29.7 Å².